The predicted octanol–water partition coefficient (Wildman–Crippen LogP) is 4.21. The van der Waals surface area contributed by atoms with Gasteiger partial charge in [0.25, 0.3) is 0 Å². The molecule has 1 aromatic heterocycles. The molecule has 1 heterocycles. The summed E-state index contributed by atoms with van der Waals surface area (Å²) in [6, 6.07) is 7.46. The molecule has 0 aliphatic heterocycles. The van der Waals surface area contributed by atoms with Crippen molar-refractivity contribution in [2.75, 3.05) is 0 Å². The summed E-state index contributed by atoms with van der Waals surface area (Å²) in [5.41, 5.74) is 3.82. The van der Waals surface area contributed by atoms with Gasteiger partial charge < -0.3 is 0 Å². The van der Waals surface area contributed by atoms with Crippen molar-refractivity contribution in [3.8, 4) is 0 Å². The van der Waals surface area contributed by atoms with Gasteiger partial charge in [-0.05, 0) is 57.8 Å². The molecule has 1 aromatic carbocycles. The summed E-state index contributed by atoms with van der Waals surface area (Å²) in [5, 5.41) is 3.35. The molecule has 0 aliphatic rings. The van der Waals surface area contributed by atoms with Gasteiger partial charge in [-0.25, -0.2) is 5.43 Å². The van der Waals surface area contributed by atoms with Crippen LogP contribution in [-0.4, -0.2) is 0 Å². The second-order valence-electron chi connectivity index (χ2n) is 3.40. The van der Waals surface area contributed by atoms with Gasteiger partial charge in [0.1, 0.15) is 0 Å². The average Bonchev–Trinajstić information content (AvgIpc) is 2.71. The van der Waals surface area contributed by atoms with Crippen molar-refractivity contribution in [2.24, 2.45) is 5.84 Å². The average molecular weight is 399 g/mol. The predicted molar refractivity (Wildman–Crippen MR) is 82.7 cm³/mol. The van der Waals surface area contributed by atoms with Gasteiger partial charge >= 0.3 is 0 Å². The zero-order valence-electron chi connectivity index (χ0n) is 8.58. The first-order chi connectivity index (χ1) is 8.13. The Bertz CT molecular complexity index is 530. The highest BCUT2D eigenvalue weighted by molar-refractivity contribution is 14.1. The molecule has 0 saturated carbocycles. The van der Waals surface area contributed by atoms with E-state index in [1.807, 2.05) is 29.6 Å². The third-order valence-corrected chi connectivity index (χ3v) is 4.98. The molecule has 1 unspecified atom stereocenters. The van der Waals surface area contributed by atoms with E-state index in [2.05, 4.69) is 28.0 Å². The zero-order valence-corrected chi connectivity index (χ0v) is 13.1. The van der Waals surface area contributed by atoms with Crippen molar-refractivity contribution in [2.45, 2.75) is 6.04 Å². The van der Waals surface area contributed by atoms with Crippen LogP contribution in [0.25, 0.3) is 0 Å². The smallest absolute Gasteiger partial charge is 0.0828 e. The number of hydrazine groups is 1. The molecule has 0 radical (unpaired) electrons. The van der Waals surface area contributed by atoms with Crippen LogP contribution in [0.4, 0.5) is 0 Å². The number of nitrogens with two attached hydrogens (primary N) is 1. The van der Waals surface area contributed by atoms with E-state index in [0.717, 1.165) is 14.0 Å². The Balaban J connectivity index is 2.49. The largest absolute Gasteiger partial charge is 0.271 e. The first-order valence-corrected chi connectivity index (χ1v) is 7.49. The molecule has 0 amide bonds. The second kappa shape index (κ2) is 5.86. The zero-order chi connectivity index (χ0) is 12.4. The van der Waals surface area contributed by atoms with Crippen molar-refractivity contribution in [3.05, 3.63) is 53.7 Å². The summed E-state index contributed by atoms with van der Waals surface area (Å²) in [6.45, 7) is 0. The Kier molecular flexibility index (Phi) is 4.68. The lowest BCUT2D eigenvalue weighted by Gasteiger charge is -2.17. The van der Waals surface area contributed by atoms with E-state index < -0.39 is 0 Å². The van der Waals surface area contributed by atoms with Gasteiger partial charge in [-0.1, -0.05) is 23.2 Å². The molecule has 0 bridgehead atoms. The summed E-state index contributed by atoms with van der Waals surface area (Å²) >= 11 is 16.0. The SMILES string of the molecule is NNC(c1cc(Cl)ccc1I)c1sccc1Cl. The van der Waals surface area contributed by atoms with Crippen molar-refractivity contribution in [1.29, 1.82) is 0 Å². The minimum Gasteiger partial charge on any atom is -0.271 e. The van der Waals surface area contributed by atoms with Crippen molar-refractivity contribution >= 4 is 57.1 Å². The Hall–Kier alpha value is 0.150. The van der Waals surface area contributed by atoms with Gasteiger partial charge in [0, 0.05) is 13.5 Å². The standard InChI is InChI=1S/C11H9Cl2IN2S/c12-6-1-2-9(14)7(5-6)10(16-15)11-8(13)3-4-17-11/h1-5,10,16H,15H2. The molecule has 0 fully saturated rings. The Morgan fingerprint density at radius 1 is 1.29 bits per heavy atom. The summed E-state index contributed by atoms with van der Waals surface area (Å²) in [6.07, 6.45) is 0. The van der Waals surface area contributed by atoms with Crippen LogP contribution < -0.4 is 11.3 Å². The molecule has 0 spiro atoms. The van der Waals surface area contributed by atoms with Crippen LogP contribution in [0.3, 0.4) is 0 Å². The monoisotopic (exact) mass is 398 g/mol. The van der Waals surface area contributed by atoms with Gasteiger partial charge in [0.15, 0.2) is 0 Å². The molecule has 90 valence electrons. The van der Waals surface area contributed by atoms with Crippen LogP contribution in [-0.2, 0) is 0 Å². The first kappa shape index (κ1) is 13.6. The molecule has 3 N–H and O–H groups in total. The third-order valence-electron chi connectivity index (χ3n) is 2.34. The number of rotatable bonds is 3. The van der Waals surface area contributed by atoms with Crippen LogP contribution in [0, 0.1) is 3.57 Å². The van der Waals surface area contributed by atoms with Gasteiger partial charge in [0.2, 0.25) is 0 Å². The number of benzene rings is 1. The fraction of sp³-hybridized carbons (Fsp3) is 0.0909. The third kappa shape index (κ3) is 2.94. The van der Waals surface area contributed by atoms with Crippen LogP contribution in [0.5, 0.6) is 0 Å². The van der Waals surface area contributed by atoms with Gasteiger partial charge in [-0.15, -0.1) is 11.3 Å². The maximum absolute atomic E-state index is 6.13. The molecule has 0 aliphatic carbocycles. The number of nitrogens with one attached hydrogen (secondary N) is 1. The summed E-state index contributed by atoms with van der Waals surface area (Å²) in [5.74, 6) is 5.64. The second-order valence-corrected chi connectivity index (χ2v) is 6.35. The summed E-state index contributed by atoms with van der Waals surface area (Å²) in [7, 11) is 0. The molecule has 17 heavy (non-hydrogen) atoms. The number of hydrogen-bond acceptors (Lipinski definition) is 3. The van der Waals surface area contributed by atoms with Crippen LogP contribution in [0.2, 0.25) is 10.0 Å². The van der Waals surface area contributed by atoms with Crippen molar-refractivity contribution in [3.63, 3.8) is 0 Å². The van der Waals surface area contributed by atoms with Gasteiger partial charge in [0.05, 0.1) is 11.1 Å². The Labute approximate surface area is 127 Å². The number of hydrogen-bond donors (Lipinski definition) is 2. The lowest BCUT2D eigenvalue weighted by molar-refractivity contribution is 0.644. The molecule has 6 heteroatoms. The first-order valence-electron chi connectivity index (χ1n) is 4.77. The van der Waals surface area contributed by atoms with Crippen LogP contribution in [0.1, 0.15) is 16.5 Å². The van der Waals surface area contributed by atoms with E-state index in [4.69, 9.17) is 29.0 Å². The topological polar surface area (TPSA) is 38.0 Å². The number of thiophene rings is 1. The Morgan fingerprint density at radius 3 is 2.65 bits per heavy atom. The highest BCUT2D eigenvalue weighted by Crippen LogP contribution is 2.35. The molecule has 2 rings (SSSR count). The highest BCUT2D eigenvalue weighted by Gasteiger charge is 2.19. The lowest BCUT2D eigenvalue weighted by atomic mass is 10.1. The highest BCUT2D eigenvalue weighted by atomic mass is 127. The van der Waals surface area contributed by atoms with E-state index in [9.17, 15) is 0 Å². The molecule has 2 nitrogen and oxygen atoms in total. The molecular formula is C11H9Cl2IN2S. The van der Waals surface area contributed by atoms with E-state index in [1.54, 1.807) is 11.3 Å². The Morgan fingerprint density at radius 2 is 2.06 bits per heavy atom. The fourth-order valence-corrected chi connectivity index (χ4v) is 3.62. The maximum Gasteiger partial charge on any atom is 0.0828 e. The van der Waals surface area contributed by atoms with E-state index >= 15 is 0 Å². The quantitative estimate of drug-likeness (QED) is 0.461. The summed E-state index contributed by atoms with van der Waals surface area (Å²) < 4.78 is 1.10. The molecule has 0 saturated heterocycles. The van der Waals surface area contributed by atoms with E-state index in [0.29, 0.717) is 10.0 Å². The normalized spacial score (nSPS) is 12.7. The van der Waals surface area contributed by atoms with E-state index in [1.165, 1.54) is 0 Å². The number of halogens is 3. The van der Waals surface area contributed by atoms with Gasteiger partial charge in [-0.2, -0.15) is 0 Å². The minimum atomic E-state index is -0.131. The molecule has 2 aromatic rings. The lowest BCUT2D eigenvalue weighted by Crippen LogP contribution is -2.29. The minimum absolute atomic E-state index is 0.131. The van der Waals surface area contributed by atoms with E-state index in [-0.39, 0.29) is 6.04 Å². The van der Waals surface area contributed by atoms with Crippen molar-refractivity contribution in [1.82, 2.24) is 5.43 Å². The fourth-order valence-electron chi connectivity index (χ4n) is 1.55. The molecule has 1 atom stereocenters. The van der Waals surface area contributed by atoms with Crippen LogP contribution >= 0.6 is 57.1 Å². The van der Waals surface area contributed by atoms with Crippen molar-refractivity contribution < 1.29 is 0 Å². The summed E-state index contributed by atoms with van der Waals surface area (Å²) in [4.78, 5) is 0.995. The molecular weight excluding hydrogens is 390 g/mol. The maximum atomic E-state index is 6.13. The van der Waals surface area contributed by atoms with Gasteiger partial charge in [-0.3, -0.25) is 5.84 Å². The van der Waals surface area contributed by atoms with Crippen LogP contribution in [0.15, 0.2) is 29.6 Å².